The highest BCUT2D eigenvalue weighted by Crippen LogP contribution is 2.26. The molecule has 5 aromatic rings. The van der Waals surface area contributed by atoms with Gasteiger partial charge >= 0.3 is 11.9 Å². The molecule has 0 spiro atoms. The first-order chi connectivity index (χ1) is 28.2. The number of amides is 1. The summed E-state index contributed by atoms with van der Waals surface area (Å²) in [5, 5.41) is 50.0. The highest BCUT2D eigenvalue weighted by atomic mass is 35.5. The van der Waals surface area contributed by atoms with Crippen LogP contribution in [0.2, 0.25) is 5.02 Å². The van der Waals surface area contributed by atoms with Crippen molar-refractivity contribution in [1.29, 1.82) is 0 Å². The van der Waals surface area contributed by atoms with E-state index in [0.29, 0.717) is 47.7 Å². The molecule has 0 aliphatic heterocycles. The lowest BCUT2D eigenvalue weighted by molar-refractivity contribution is -0.165. The van der Waals surface area contributed by atoms with E-state index in [1.54, 1.807) is 35.3 Å². The number of halogens is 2. The van der Waals surface area contributed by atoms with Crippen LogP contribution in [-0.2, 0) is 33.2 Å². The monoisotopic (exact) mass is 852 g/mol. The first-order valence-corrected chi connectivity index (χ1v) is 19.8. The third-order valence-corrected chi connectivity index (χ3v) is 10.6. The maximum atomic E-state index is 14.2. The average molecular weight is 853 g/mol. The van der Waals surface area contributed by atoms with Gasteiger partial charge < -0.3 is 35.0 Å². The molecule has 314 valence electrons. The number of aromatic amines is 1. The fourth-order valence-electron chi connectivity index (χ4n) is 5.73. The van der Waals surface area contributed by atoms with Gasteiger partial charge in [0, 0.05) is 60.8 Å². The summed E-state index contributed by atoms with van der Waals surface area (Å²) < 4.78 is 15.3. The summed E-state index contributed by atoms with van der Waals surface area (Å²) >= 11 is 7.39. The molecule has 1 amide bonds. The Bertz CT molecular complexity index is 2160. The van der Waals surface area contributed by atoms with Crippen LogP contribution in [0.4, 0.5) is 4.39 Å². The van der Waals surface area contributed by atoms with Crippen LogP contribution in [0.15, 0.2) is 101 Å². The zero-order valence-electron chi connectivity index (χ0n) is 32.3. The second kappa shape index (κ2) is 22.6. The maximum absolute atomic E-state index is 14.2. The maximum Gasteiger partial charge on any atom is 0.335 e. The number of carbonyl (C=O) groups excluding carboxylic acids is 1. The van der Waals surface area contributed by atoms with E-state index in [4.69, 9.17) is 32.0 Å². The van der Waals surface area contributed by atoms with Crippen LogP contribution >= 0.6 is 23.4 Å². The molecule has 3 atom stereocenters. The quantitative estimate of drug-likeness (QED) is 0.0510. The number of aliphatic hydroxyl groups is 3. The summed E-state index contributed by atoms with van der Waals surface area (Å²) in [6.45, 7) is 6.57. The van der Waals surface area contributed by atoms with Gasteiger partial charge in [-0.15, -0.1) is 0 Å². The van der Waals surface area contributed by atoms with Gasteiger partial charge in [-0.3, -0.25) is 19.6 Å². The van der Waals surface area contributed by atoms with Gasteiger partial charge in [-0.05, 0) is 58.6 Å². The fraction of sp³-hybridized carbons (Fsp3) is 0.317. The SMILES string of the molecule is CCN(CCO)CCN(Cc1ccc(-c2ccc(Cl)cc2)cc1)C(=O)Cn1cc(C(C)c2cn[nH]c2)c(=O)nc1SCc1ccc(F)cc1.O=C(O)C(O)C(O)C(=O)O. The Balaban J connectivity index is 0.000000680. The number of benzene rings is 3. The molecule has 18 heteroatoms. The van der Waals surface area contributed by atoms with E-state index in [9.17, 15) is 28.7 Å². The van der Waals surface area contributed by atoms with E-state index >= 15 is 0 Å². The smallest absolute Gasteiger partial charge is 0.335 e. The summed E-state index contributed by atoms with van der Waals surface area (Å²) in [5.41, 5.74) is 4.82. The number of rotatable bonds is 19. The molecule has 0 fully saturated rings. The zero-order valence-corrected chi connectivity index (χ0v) is 33.9. The lowest BCUT2D eigenvalue weighted by atomic mass is 9.98. The molecule has 3 aromatic carbocycles. The summed E-state index contributed by atoms with van der Waals surface area (Å²) in [7, 11) is 0. The number of carboxylic acids is 2. The topological polar surface area (TPSA) is 222 Å². The number of aliphatic carboxylic acids is 2. The molecule has 0 aliphatic rings. The van der Waals surface area contributed by atoms with Crippen LogP contribution in [0.1, 0.15) is 42.0 Å². The number of hydrogen-bond acceptors (Lipinski definition) is 11. The van der Waals surface area contributed by atoms with Gasteiger partial charge in [-0.1, -0.05) is 85.7 Å². The van der Waals surface area contributed by atoms with Crippen LogP contribution in [0, 0.1) is 5.82 Å². The number of hydrogen-bond donors (Lipinski definition) is 6. The molecular weight excluding hydrogens is 807 g/mol. The van der Waals surface area contributed by atoms with Crippen LogP contribution in [0.5, 0.6) is 0 Å². The minimum absolute atomic E-state index is 0.0310. The van der Waals surface area contributed by atoms with E-state index in [0.717, 1.165) is 34.4 Å². The summed E-state index contributed by atoms with van der Waals surface area (Å²) in [5.74, 6) is -3.87. The minimum Gasteiger partial charge on any atom is -0.479 e. The molecule has 2 heterocycles. The number of carbonyl (C=O) groups is 3. The van der Waals surface area contributed by atoms with E-state index in [-0.39, 0.29) is 36.4 Å². The Hall–Kier alpha value is -5.43. The number of likely N-dealkylation sites (N-methyl/N-ethyl adjacent to an activating group) is 1. The Morgan fingerprint density at radius 1 is 0.898 bits per heavy atom. The molecule has 6 N–H and O–H groups in total. The molecule has 0 saturated heterocycles. The summed E-state index contributed by atoms with van der Waals surface area (Å²) in [6, 6.07) is 21.9. The molecule has 0 radical (unpaired) electrons. The number of carboxylic acid groups (broad SMARTS) is 2. The minimum atomic E-state index is -2.27. The number of nitrogens with one attached hydrogen (secondary N) is 1. The summed E-state index contributed by atoms with van der Waals surface area (Å²) in [4.78, 5) is 55.4. The first-order valence-electron chi connectivity index (χ1n) is 18.5. The van der Waals surface area contributed by atoms with Crippen molar-refractivity contribution in [2.24, 2.45) is 0 Å². The van der Waals surface area contributed by atoms with Gasteiger partial charge in [0.15, 0.2) is 17.4 Å². The number of H-pyrrole nitrogens is 1. The standard InChI is InChI=1S/C37H40ClFN6O3S.C4H6O6/c1-3-43(18-19-46)16-17-44(22-27-4-8-29(9-5-27)30-10-12-32(38)13-11-30)35(47)24-45-23-34(26(2)31-20-40-41-21-31)36(48)42-37(45)49-25-28-6-14-33(39)15-7-28;5-1(3(7)8)2(6)4(9)10/h4-15,20-21,23,26,46H,3,16-19,22,24-25H2,1-2H3,(H,40,41);1-2,5-6H,(H,7,8)(H,9,10). The molecule has 5 rings (SSSR count). The molecule has 0 saturated carbocycles. The third-order valence-electron chi connectivity index (χ3n) is 9.27. The van der Waals surface area contributed by atoms with Crippen molar-refractivity contribution in [3.63, 3.8) is 0 Å². The number of aliphatic hydroxyl groups excluding tert-OH is 3. The molecular formula is C41H46ClFN6O9S. The van der Waals surface area contributed by atoms with Crippen molar-refractivity contribution >= 4 is 41.2 Å². The normalized spacial score (nSPS) is 12.6. The second-order valence-electron chi connectivity index (χ2n) is 13.3. The van der Waals surface area contributed by atoms with Crippen LogP contribution in [0.25, 0.3) is 11.1 Å². The van der Waals surface area contributed by atoms with Crippen molar-refractivity contribution in [1.82, 2.24) is 29.5 Å². The van der Waals surface area contributed by atoms with Gasteiger partial charge in [0.25, 0.3) is 5.56 Å². The van der Waals surface area contributed by atoms with Crippen molar-refractivity contribution in [2.45, 2.75) is 56.0 Å². The molecule has 0 aliphatic carbocycles. The predicted octanol–water partition coefficient (Wildman–Crippen LogP) is 4.09. The zero-order chi connectivity index (χ0) is 43.1. The van der Waals surface area contributed by atoms with E-state index < -0.39 is 24.1 Å². The number of nitrogens with zero attached hydrogens (tertiary/aromatic N) is 5. The highest BCUT2D eigenvalue weighted by molar-refractivity contribution is 7.98. The average Bonchev–Trinajstić information content (AvgIpc) is 3.78. The number of thioether (sulfide) groups is 1. The van der Waals surface area contributed by atoms with Gasteiger partial charge in [0.1, 0.15) is 12.4 Å². The van der Waals surface area contributed by atoms with Crippen molar-refractivity contribution in [2.75, 3.05) is 32.8 Å². The van der Waals surface area contributed by atoms with Gasteiger partial charge in [0.2, 0.25) is 5.91 Å². The van der Waals surface area contributed by atoms with Crippen molar-refractivity contribution in [3.05, 3.63) is 135 Å². The van der Waals surface area contributed by atoms with Crippen molar-refractivity contribution in [3.8, 4) is 11.1 Å². The second-order valence-corrected chi connectivity index (χ2v) is 14.7. The van der Waals surface area contributed by atoms with Gasteiger partial charge in [0.05, 0.1) is 12.8 Å². The molecule has 3 unspecified atom stereocenters. The summed E-state index contributed by atoms with van der Waals surface area (Å²) in [6.07, 6.45) is 0.599. The first kappa shape index (κ1) is 46.3. The Morgan fingerprint density at radius 2 is 1.49 bits per heavy atom. The lowest BCUT2D eigenvalue weighted by Crippen LogP contribution is -2.41. The predicted molar refractivity (Wildman–Crippen MR) is 219 cm³/mol. The lowest BCUT2D eigenvalue weighted by Gasteiger charge is -2.28. The van der Waals surface area contributed by atoms with E-state index in [1.807, 2.05) is 67.3 Å². The number of aromatic nitrogens is 4. The Labute approximate surface area is 348 Å². The van der Waals surface area contributed by atoms with E-state index in [1.165, 1.54) is 23.9 Å². The fourth-order valence-corrected chi connectivity index (χ4v) is 6.77. The molecule has 15 nitrogen and oxygen atoms in total. The van der Waals surface area contributed by atoms with E-state index in [2.05, 4.69) is 20.1 Å². The molecule has 2 aromatic heterocycles. The molecule has 59 heavy (non-hydrogen) atoms. The third kappa shape index (κ3) is 13.8. The Morgan fingerprint density at radius 3 is 2.03 bits per heavy atom. The van der Waals surface area contributed by atoms with Gasteiger partial charge in [-0.25, -0.2) is 14.0 Å². The van der Waals surface area contributed by atoms with Gasteiger partial charge in [-0.2, -0.15) is 10.1 Å². The largest absolute Gasteiger partial charge is 0.479 e. The van der Waals surface area contributed by atoms with Crippen molar-refractivity contribution < 1.29 is 44.3 Å². The highest BCUT2D eigenvalue weighted by Gasteiger charge is 2.29. The van der Waals surface area contributed by atoms with Crippen LogP contribution in [-0.4, -0.2) is 118 Å². The molecule has 0 bridgehead atoms. The van der Waals surface area contributed by atoms with Crippen LogP contribution < -0.4 is 5.56 Å². The Kier molecular flexibility index (Phi) is 17.8. The van der Waals surface area contributed by atoms with Crippen LogP contribution in [0.3, 0.4) is 0 Å².